The maximum atomic E-state index is 5.76. The van der Waals surface area contributed by atoms with Gasteiger partial charge in [0.2, 0.25) is 0 Å². The Morgan fingerprint density at radius 3 is 2.44 bits per heavy atom. The summed E-state index contributed by atoms with van der Waals surface area (Å²) in [5.41, 5.74) is 8.76. The Morgan fingerprint density at radius 2 is 2.00 bits per heavy atom. The number of nitrogens with two attached hydrogens (primary N) is 1. The van der Waals surface area contributed by atoms with Crippen LogP contribution in [0, 0.1) is 7.14 Å². The Kier molecular flexibility index (Phi) is 6.57. The second-order valence-electron chi connectivity index (χ2n) is 3.71. The lowest BCUT2D eigenvalue weighted by Crippen LogP contribution is -2.24. The summed E-state index contributed by atoms with van der Waals surface area (Å²) in [7, 11) is 0. The Morgan fingerprint density at radius 1 is 1.44 bits per heavy atom. The van der Waals surface area contributed by atoms with Crippen molar-refractivity contribution in [1.82, 2.24) is 5.43 Å². The monoisotopic (exact) mass is 489 g/mol. The third kappa shape index (κ3) is 5.22. The van der Waals surface area contributed by atoms with Gasteiger partial charge in [-0.1, -0.05) is 0 Å². The first-order valence-corrected chi connectivity index (χ1v) is 7.71. The highest BCUT2D eigenvalue weighted by molar-refractivity contribution is 14.1. The van der Waals surface area contributed by atoms with Gasteiger partial charge in [-0.2, -0.15) is 5.10 Å². The summed E-state index contributed by atoms with van der Waals surface area (Å²) in [5.74, 6) is 0.908. The lowest BCUT2D eigenvalue weighted by atomic mass is 10.2. The zero-order valence-corrected chi connectivity index (χ0v) is 15.0. The van der Waals surface area contributed by atoms with Gasteiger partial charge in [0.15, 0.2) is 5.11 Å². The standard InChI is InChI=1S/C11H13I2N3OS/c1-6(2)17-10-8(12)3-7(4-9(10)13)5-15-16-11(14)18/h3-6H,1-2H3,(H3,14,16,18). The average Bonchev–Trinajstić information content (AvgIpc) is 2.22. The number of nitrogens with zero attached hydrogens (tertiary/aromatic N) is 1. The molecule has 18 heavy (non-hydrogen) atoms. The summed E-state index contributed by atoms with van der Waals surface area (Å²) in [6.45, 7) is 4.02. The number of rotatable bonds is 4. The number of halogens is 2. The molecule has 3 N–H and O–H groups in total. The van der Waals surface area contributed by atoms with Crippen LogP contribution in [0.2, 0.25) is 0 Å². The zero-order valence-electron chi connectivity index (χ0n) is 9.91. The summed E-state index contributed by atoms with van der Waals surface area (Å²) in [6, 6.07) is 3.98. The molecule has 0 spiro atoms. The van der Waals surface area contributed by atoms with Crippen molar-refractivity contribution in [3.05, 3.63) is 24.8 Å². The van der Waals surface area contributed by atoms with Gasteiger partial charge in [0.05, 0.1) is 19.5 Å². The van der Waals surface area contributed by atoms with Gasteiger partial charge in [0.25, 0.3) is 0 Å². The summed E-state index contributed by atoms with van der Waals surface area (Å²) < 4.78 is 7.85. The van der Waals surface area contributed by atoms with Crippen molar-refractivity contribution >= 4 is 68.7 Å². The van der Waals surface area contributed by atoms with Crippen LogP contribution in [0.5, 0.6) is 5.75 Å². The molecule has 0 fully saturated rings. The third-order valence-corrected chi connectivity index (χ3v) is 3.46. The number of ether oxygens (including phenoxy) is 1. The number of thiocarbonyl (C=S) groups is 1. The van der Waals surface area contributed by atoms with E-state index in [0.717, 1.165) is 18.5 Å². The van der Waals surface area contributed by atoms with Crippen LogP contribution in [0.4, 0.5) is 0 Å². The highest BCUT2D eigenvalue weighted by atomic mass is 127. The van der Waals surface area contributed by atoms with E-state index in [1.54, 1.807) is 6.21 Å². The molecule has 0 aromatic heterocycles. The lowest BCUT2D eigenvalue weighted by molar-refractivity contribution is 0.239. The number of hydrazone groups is 1. The molecule has 0 atom stereocenters. The van der Waals surface area contributed by atoms with Crippen molar-refractivity contribution in [3.8, 4) is 5.75 Å². The van der Waals surface area contributed by atoms with Crippen LogP contribution in [-0.4, -0.2) is 17.4 Å². The molecule has 0 aliphatic carbocycles. The minimum absolute atomic E-state index is 0.149. The first-order valence-electron chi connectivity index (χ1n) is 5.14. The van der Waals surface area contributed by atoms with E-state index in [0.29, 0.717) is 0 Å². The molecule has 1 aromatic carbocycles. The topological polar surface area (TPSA) is 59.6 Å². The van der Waals surface area contributed by atoms with Crippen LogP contribution >= 0.6 is 57.4 Å². The van der Waals surface area contributed by atoms with Crippen LogP contribution in [0.3, 0.4) is 0 Å². The molecule has 0 aliphatic rings. The van der Waals surface area contributed by atoms with E-state index < -0.39 is 0 Å². The van der Waals surface area contributed by atoms with Crippen LogP contribution in [0.25, 0.3) is 0 Å². The van der Waals surface area contributed by atoms with Gasteiger partial charge >= 0.3 is 0 Å². The minimum Gasteiger partial charge on any atom is -0.489 e. The van der Waals surface area contributed by atoms with E-state index in [9.17, 15) is 0 Å². The highest BCUT2D eigenvalue weighted by Crippen LogP contribution is 2.29. The Hall–Kier alpha value is -0.160. The van der Waals surface area contributed by atoms with Crippen LogP contribution < -0.4 is 15.9 Å². The van der Waals surface area contributed by atoms with Crippen molar-refractivity contribution in [1.29, 1.82) is 0 Å². The van der Waals surface area contributed by atoms with Crippen molar-refractivity contribution in [2.45, 2.75) is 20.0 Å². The fraction of sp³-hybridized carbons (Fsp3) is 0.273. The molecule has 1 rings (SSSR count). The fourth-order valence-electron chi connectivity index (χ4n) is 1.17. The van der Waals surface area contributed by atoms with Gasteiger partial charge in [-0.15, -0.1) is 0 Å². The van der Waals surface area contributed by atoms with Crippen LogP contribution in [0.15, 0.2) is 17.2 Å². The third-order valence-electron chi connectivity index (χ3n) is 1.76. The molecule has 0 aliphatic heterocycles. The summed E-state index contributed by atoms with van der Waals surface area (Å²) in [4.78, 5) is 0. The SMILES string of the molecule is CC(C)Oc1c(I)cc(C=NNC(N)=S)cc1I. The molecule has 0 bridgehead atoms. The van der Waals surface area contributed by atoms with Gasteiger partial charge in [0.1, 0.15) is 5.75 Å². The Labute approximate surface area is 139 Å². The molecule has 0 saturated carbocycles. The first-order chi connectivity index (χ1) is 8.40. The first kappa shape index (κ1) is 15.9. The van der Waals surface area contributed by atoms with E-state index in [1.807, 2.05) is 26.0 Å². The molecular formula is C11H13I2N3OS. The Bertz CT molecular complexity index is 454. The molecule has 0 amide bonds. The van der Waals surface area contributed by atoms with Gasteiger partial charge < -0.3 is 10.5 Å². The van der Waals surface area contributed by atoms with E-state index in [2.05, 4.69) is 67.9 Å². The zero-order chi connectivity index (χ0) is 13.7. The second-order valence-corrected chi connectivity index (χ2v) is 6.48. The van der Waals surface area contributed by atoms with Crippen molar-refractivity contribution in [2.24, 2.45) is 10.8 Å². The number of nitrogens with one attached hydrogen (secondary N) is 1. The fourth-order valence-corrected chi connectivity index (χ4v) is 3.30. The summed E-state index contributed by atoms with van der Waals surface area (Å²) >= 11 is 9.16. The molecule has 98 valence electrons. The van der Waals surface area contributed by atoms with Crippen LogP contribution in [0.1, 0.15) is 19.4 Å². The molecule has 0 heterocycles. The maximum absolute atomic E-state index is 5.76. The number of hydrogen-bond donors (Lipinski definition) is 2. The number of hydrogen-bond acceptors (Lipinski definition) is 3. The summed E-state index contributed by atoms with van der Waals surface area (Å²) in [5, 5.41) is 4.07. The quantitative estimate of drug-likeness (QED) is 0.296. The second kappa shape index (κ2) is 7.43. The van der Waals surface area contributed by atoms with E-state index in [1.165, 1.54) is 0 Å². The van der Waals surface area contributed by atoms with Crippen LogP contribution in [-0.2, 0) is 0 Å². The van der Waals surface area contributed by atoms with Crippen molar-refractivity contribution < 1.29 is 4.74 Å². The normalized spacial score (nSPS) is 10.9. The lowest BCUT2D eigenvalue weighted by Gasteiger charge is -2.14. The maximum Gasteiger partial charge on any atom is 0.184 e. The number of benzene rings is 1. The predicted molar refractivity (Wildman–Crippen MR) is 95.2 cm³/mol. The van der Waals surface area contributed by atoms with Gasteiger partial charge in [-0.05, 0) is 88.9 Å². The van der Waals surface area contributed by atoms with Crippen molar-refractivity contribution in [3.63, 3.8) is 0 Å². The predicted octanol–water partition coefficient (Wildman–Crippen LogP) is 2.85. The molecule has 7 heteroatoms. The van der Waals surface area contributed by atoms with E-state index >= 15 is 0 Å². The minimum atomic E-state index is 0.149. The van der Waals surface area contributed by atoms with Gasteiger partial charge in [-0.3, -0.25) is 5.43 Å². The van der Waals surface area contributed by atoms with Gasteiger partial charge in [0, 0.05) is 0 Å². The average molecular weight is 489 g/mol. The molecule has 0 saturated heterocycles. The smallest absolute Gasteiger partial charge is 0.184 e. The highest BCUT2D eigenvalue weighted by Gasteiger charge is 2.09. The molecule has 4 nitrogen and oxygen atoms in total. The molecule has 0 unspecified atom stereocenters. The van der Waals surface area contributed by atoms with Crippen molar-refractivity contribution in [2.75, 3.05) is 0 Å². The summed E-state index contributed by atoms with van der Waals surface area (Å²) in [6.07, 6.45) is 1.82. The Balaban J connectivity index is 2.92. The van der Waals surface area contributed by atoms with Gasteiger partial charge in [-0.25, -0.2) is 0 Å². The molecule has 1 aromatic rings. The van der Waals surface area contributed by atoms with E-state index in [4.69, 9.17) is 10.5 Å². The molecule has 0 radical (unpaired) electrons. The molecular weight excluding hydrogens is 476 g/mol. The van der Waals surface area contributed by atoms with E-state index in [-0.39, 0.29) is 11.2 Å². The largest absolute Gasteiger partial charge is 0.489 e.